The number of benzene rings is 2. The number of halogens is 2. The van der Waals surface area contributed by atoms with Gasteiger partial charge in [-0.3, -0.25) is 14.5 Å². The summed E-state index contributed by atoms with van der Waals surface area (Å²) in [6.45, 7) is 4.25. The third kappa shape index (κ3) is 3.91. The zero-order valence-corrected chi connectivity index (χ0v) is 17.5. The van der Waals surface area contributed by atoms with E-state index in [0.717, 1.165) is 32.3 Å². The predicted molar refractivity (Wildman–Crippen MR) is 115 cm³/mol. The van der Waals surface area contributed by atoms with Crippen LogP contribution in [0, 0.1) is 19.7 Å². The van der Waals surface area contributed by atoms with Gasteiger partial charge in [0.05, 0.1) is 34.7 Å². The van der Waals surface area contributed by atoms with E-state index < -0.39 is 0 Å². The molecule has 0 fully saturated rings. The van der Waals surface area contributed by atoms with E-state index in [1.165, 1.54) is 12.1 Å². The van der Waals surface area contributed by atoms with Crippen molar-refractivity contribution < 1.29 is 9.18 Å². The highest BCUT2D eigenvalue weighted by Gasteiger charge is 2.17. The van der Waals surface area contributed by atoms with Gasteiger partial charge in [0, 0.05) is 16.1 Å². The highest BCUT2D eigenvalue weighted by atomic mass is 79.9. The van der Waals surface area contributed by atoms with E-state index >= 15 is 0 Å². The number of nitrogens with one attached hydrogen (secondary N) is 1. The Morgan fingerprint density at radius 3 is 2.66 bits per heavy atom. The van der Waals surface area contributed by atoms with Crippen LogP contribution in [0.15, 0.2) is 59.2 Å². The van der Waals surface area contributed by atoms with Gasteiger partial charge in [-0.25, -0.2) is 4.39 Å². The molecule has 146 valence electrons. The Hall–Kier alpha value is -3.06. The SMILES string of the molecule is Cc1nn(Cc2ccc(F)cc2)c(C)c1NC(=O)c1ccnc2ccc(Br)cc12. The normalized spacial score (nSPS) is 11.0. The molecule has 0 aliphatic carbocycles. The average Bonchev–Trinajstić information content (AvgIpc) is 2.96. The molecule has 5 nitrogen and oxygen atoms in total. The summed E-state index contributed by atoms with van der Waals surface area (Å²) in [7, 11) is 0. The number of nitrogens with zero attached hydrogens (tertiary/aromatic N) is 3. The van der Waals surface area contributed by atoms with E-state index in [-0.39, 0.29) is 11.7 Å². The molecule has 1 amide bonds. The van der Waals surface area contributed by atoms with Crippen molar-refractivity contribution >= 4 is 38.4 Å². The number of aromatic nitrogens is 3. The molecule has 0 bridgehead atoms. The first-order valence-electron chi connectivity index (χ1n) is 9.06. The molecule has 29 heavy (non-hydrogen) atoms. The fraction of sp³-hybridized carbons (Fsp3) is 0.136. The van der Waals surface area contributed by atoms with Crippen LogP contribution in [0.4, 0.5) is 10.1 Å². The number of aryl methyl sites for hydroxylation is 1. The van der Waals surface area contributed by atoms with Gasteiger partial charge in [-0.15, -0.1) is 0 Å². The summed E-state index contributed by atoms with van der Waals surface area (Å²) in [4.78, 5) is 17.3. The number of amides is 1. The number of pyridine rings is 1. The Morgan fingerprint density at radius 1 is 1.14 bits per heavy atom. The fourth-order valence-corrected chi connectivity index (χ4v) is 3.65. The van der Waals surface area contributed by atoms with E-state index in [2.05, 4.69) is 31.3 Å². The third-order valence-electron chi connectivity index (χ3n) is 4.81. The zero-order chi connectivity index (χ0) is 20.5. The second-order valence-corrected chi connectivity index (χ2v) is 7.72. The summed E-state index contributed by atoms with van der Waals surface area (Å²) in [6.07, 6.45) is 1.63. The first-order valence-corrected chi connectivity index (χ1v) is 9.86. The molecule has 1 N–H and O–H groups in total. The van der Waals surface area contributed by atoms with Crippen LogP contribution in [0.5, 0.6) is 0 Å². The number of hydrogen-bond acceptors (Lipinski definition) is 3. The van der Waals surface area contributed by atoms with Gasteiger partial charge in [0.15, 0.2) is 0 Å². The van der Waals surface area contributed by atoms with E-state index in [0.29, 0.717) is 17.8 Å². The number of fused-ring (bicyclic) bond motifs is 1. The van der Waals surface area contributed by atoms with Crippen molar-refractivity contribution in [3.8, 4) is 0 Å². The molecule has 2 heterocycles. The minimum atomic E-state index is -0.272. The fourth-order valence-electron chi connectivity index (χ4n) is 3.29. The lowest BCUT2D eigenvalue weighted by Gasteiger charge is -2.09. The monoisotopic (exact) mass is 452 g/mol. The second-order valence-electron chi connectivity index (χ2n) is 6.80. The Labute approximate surface area is 175 Å². The van der Waals surface area contributed by atoms with Crippen molar-refractivity contribution in [2.45, 2.75) is 20.4 Å². The standard InChI is InChI=1S/C22H18BrFN4O/c1-13-21(14(2)28(27-13)12-15-3-6-17(24)7-4-15)26-22(29)18-9-10-25-20-8-5-16(23)11-19(18)20/h3-11H,12H2,1-2H3,(H,26,29). The highest BCUT2D eigenvalue weighted by Crippen LogP contribution is 2.25. The lowest BCUT2D eigenvalue weighted by molar-refractivity contribution is 0.102. The zero-order valence-electron chi connectivity index (χ0n) is 15.9. The number of hydrogen-bond donors (Lipinski definition) is 1. The second kappa shape index (κ2) is 7.75. The van der Waals surface area contributed by atoms with Crippen molar-refractivity contribution in [3.63, 3.8) is 0 Å². The van der Waals surface area contributed by atoms with Crippen LogP contribution in [-0.2, 0) is 6.54 Å². The first-order chi connectivity index (χ1) is 13.9. The molecule has 0 spiro atoms. The van der Waals surface area contributed by atoms with Gasteiger partial charge in [-0.05, 0) is 55.8 Å². The molecule has 0 atom stereocenters. The Balaban J connectivity index is 1.63. The molecule has 2 aromatic heterocycles. The van der Waals surface area contributed by atoms with Crippen LogP contribution >= 0.6 is 15.9 Å². The van der Waals surface area contributed by atoms with Crippen molar-refractivity contribution in [2.24, 2.45) is 0 Å². The predicted octanol–water partition coefficient (Wildman–Crippen LogP) is 5.25. The molecule has 0 aliphatic rings. The van der Waals surface area contributed by atoms with Crippen molar-refractivity contribution in [3.05, 3.63) is 87.5 Å². The van der Waals surface area contributed by atoms with E-state index in [9.17, 15) is 9.18 Å². The molecule has 4 aromatic rings. The largest absolute Gasteiger partial charge is 0.319 e. The van der Waals surface area contributed by atoms with Gasteiger partial charge < -0.3 is 5.32 Å². The van der Waals surface area contributed by atoms with Crippen molar-refractivity contribution in [1.29, 1.82) is 0 Å². The summed E-state index contributed by atoms with van der Waals surface area (Å²) < 4.78 is 15.8. The number of rotatable bonds is 4. The topological polar surface area (TPSA) is 59.8 Å². The van der Waals surface area contributed by atoms with Crippen LogP contribution in [0.1, 0.15) is 27.3 Å². The van der Waals surface area contributed by atoms with Gasteiger partial charge in [-0.2, -0.15) is 5.10 Å². The molecule has 0 radical (unpaired) electrons. The molecule has 4 rings (SSSR count). The maximum Gasteiger partial charge on any atom is 0.256 e. The van der Waals surface area contributed by atoms with E-state index in [1.807, 2.05) is 32.0 Å². The molecular formula is C22H18BrFN4O. The van der Waals surface area contributed by atoms with E-state index in [1.54, 1.807) is 29.1 Å². The molecular weight excluding hydrogens is 435 g/mol. The summed E-state index contributed by atoms with van der Waals surface area (Å²) >= 11 is 3.45. The van der Waals surface area contributed by atoms with Gasteiger partial charge in [-0.1, -0.05) is 28.1 Å². The minimum absolute atomic E-state index is 0.219. The Bertz CT molecular complexity index is 1220. The third-order valence-corrected chi connectivity index (χ3v) is 5.31. The number of carbonyl (C=O) groups is 1. The molecule has 0 unspecified atom stereocenters. The lowest BCUT2D eigenvalue weighted by atomic mass is 10.1. The minimum Gasteiger partial charge on any atom is -0.319 e. The van der Waals surface area contributed by atoms with Crippen LogP contribution in [-0.4, -0.2) is 20.7 Å². The van der Waals surface area contributed by atoms with Crippen LogP contribution in [0.3, 0.4) is 0 Å². The molecule has 0 aliphatic heterocycles. The summed E-state index contributed by atoms with van der Waals surface area (Å²) in [5, 5.41) is 8.31. The van der Waals surface area contributed by atoms with Crippen molar-refractivity contribution in [1.82, 2.24) is 14.8 Å². The average molecular weight is 453 g/mol. The molecule has 2 aromatic carbocycles. The summed E-state index contributed by atoms with van der Waals surface area (Å²) in [6, 6.07) is 13.7. The van der Waals surface area contributed by atoms with Gasteiger partial charge in [0.2, 0.25) is 0 Å². The maximum atomic E-state index is 13.1. The quantitative estimate of drug-likeness (QED) is 0.459. The lowest BCUT2D eigenvalue weighted by Crippen LogP contribution is -2.14. The highest BCUT2D eigenvalue weighted by molar-refractivity contribution is 9.10. The van der Waals surface area contributed by atoms with Gasteiger partial charge >= 0.3 is 0 Å². The van der Waals surface area contributed by atoms with Crippen LogP contribution < -0.4 is 5.32 Å². The van der Waals surface area contributed by atoms with Crippen LogP contribution in [0.2, 0.25) is 0 Å². The molecule has 7 heteroatoms. The van der Waals surface area contributed by atoms with Crippen LogP contribution in [0.25, 0.3) is 10.9 Å². The number of anilines is 1. The summed E-state index contributed by atoms with van der Waals surface area (Å²) in [5.41, 5.74) is 4.46. The van der Waals surface area contributed by atoms with E-state index in [4.69, 9.17) is 0 Å². The Kier molecular flexibility index (Phi) is 5.15. The first kappa shape index (κ1) is 19.3. The van der Waals surface area contributed by atoms with Gasteiger partial charge in [0.1, 0.15) is 5.82 Å². The van der Waals surface area contributed by atoms with Crippen molar-refractivity contribution in [2.75, 3.05) is 5.32 Å². The Morgan fingerprint density at radius 2 is 1.90 bits per heavy atom. The molecule has 0 saturated carbocycles. The van der Waals surface area contributed by atoms with Gasteiger partial charge in [0.25, 0.3) is 5.91 Å². The maximum absolute atomic E-state index is 13.1. The number of carbonyl (C=O) groups excluding carboxylic acids is 1. The molecule has 0 saturated heterocycles. The smallest absolute Gasteiger partial charge is 0.256 e. The summed E-state index contributed by atoms with van der Waals surface area (Å²) in [5.74, 6) is -0.491.